The van der Waals surface area contributed by atoms with Gasteiger partial charge in [0.2, 0.25) is 0 Å². The fourth-order valence-corrected chi connectivity index (χ4v) is 8.11. The SMILES string of the molecule is C=CCOC(=O)C(CC)=P(c1ccccc1)(c1ccccc1)c1ccccc1. The minimum atomic E-state index is -2.35. The Bertz CT molecular complexity index is 873. The molecule has 0 bridgehead atoms. The third kappa shape index (κ3) is 3.74. The maximum Gasteiger partial charge on any atom is 0.335 e. The molecule has 0 aliphatic rings. The number of carbonyl (C=O) groups is 1. The predicted octanol–water partition coefficient (Wildman–Crippen LogP) is 4.29. The van der Waals surface area contributed by atoms with Crippen LogP contribution in [0.1, 0.15) is 13.3 Å². The molecule has 3 rings (SSSR count). The van der Waals surface area contributed by atoms with Gasteiger partial charge in [-0.2, -0.15) is 0 Å². The summed E-state index contributed by atoms with van der Waals surface area (Å²) in [5.74, 6) is -0.243. The number of hydrogen-bond donors (Lipinski definition) is 0. The van der Waals surface area contributed by atoms with Gasteiger partial charge >= 0.3 is 5.97 Å². The minimum Gasteiger partial charge on any atom is -0.458 e. The van der Waals surface area contributed by atoms with Crippen LogP contribution in [-0.2, 0) is 9.53 Å². The lowest BCUT2D eigenvalue weighted by Crippen LogP contribution is -2.34. The fourth-order valence-electron chi connectivity index (χ4n) is 3.61. The molecule has 142 valence electrons. The summed E-state index contributed by atoms with van der Waals surface area (Å²) < 4.78 is 5.55. The van der Waals surface area contributed by atoms with Gasteiger partial charge in [-0.3, -0.25) is 0 Å². The summed E-state index contributed by atoms with van der Waals surface area (Å²) in [6.07, 6.45) is 2.22. The van der Waals surface area contributed by atoms with Crippen LogP contribution in [0.25, 0.3) is 0 Å². The standard InChI is InChI=1S/C25H25O2P/c1-3-20-27-25(26)24(4-2)28(21-14-8-5-9-15-21,22-16-10-6-11-17-22)23-18-12-7-13-19-23/h3,5-19H,1,4,20H2,2H3. The molecule has 0 aliphatic heterocycles. The van der Waals surface area contributed by atoms with E-state index in [-0.39, 0.29) is 12.6 Å². The molecule has 0 aromatic heterocycles. The van der Waals surface area contributed by atoms with Gasteiger partial charge in [-0.25, -0.2) is 4.79 Å². The van der Waals surface area contributed by atoms with E-state index in [1.807, 2.05) is 61.5 Å². The van der Waals surface area contributed by atoms with Crippen molar-refractivity contribution in [3.05, 3.63) is 104 Å². The fraction of sp³-hybridized carbons (Fsp3) is 0.120. The van der Waals surface area contributed by atoms with Crippen LogP contribution in [-0.4, -0.2) is 17.9 Å². The molecule has 28 heavy (non-hydrogen) atoms. The zero-order chi connectivity index (χ0) is 19.8. The normalized spacial score (nSPS) is 10.9. The maximum absolute atomic E-state index is 13.2. The van der Waals surface area contributed by atoms with Gasteiger partial charge < -0.3 is 4.74 Å². The molecule has 0 saturated carbocycles. The summed E-state index contributed by atoms with van der Waals surface area (Å²) >= 11 is 0. The monoisotopic (exact) mass is 388 g/mol. The van der Waals surface area contributed by atoms with Crippen LogP contribution in [0.4, 0.5) is 0 Å². The van der Waals surface area contributed by atoms with Crippen molar-refractivity contribution in [2.75, 3.05) is 6.61 Å². The molecule has 3 aromatic rings. The molecule has 0 heterocycles. The average molecular weight is 388 g/mol. The lowest BCUT2D eigenvalue weighted by Gasteiger charge is -2.31. The molecule has 2 nitrogen and oxygen atoms in total. The third-order valence-corrected chi connectivity index (χ3v) is 9.26. The van der Waals surface area contributed by atoms with Crippen molar-refractivity contribution < 1.29 is 9.53 Å². The average Bonchev–Trinajstić information content (AvgIpc) is 2.77. The van der Waals surface area contributed by atoms with E-state index in [0.29, 0.717) is 6.42 Å². The van der Waals surface area contributed by atoms with E-state index in [2.05, 4.69) is 43.0 Å². The molecule has 3 heteroatoms. The quantitative estimate of drug-likeness (QED) is 0.343. The van der Waals surface area contributed by atoms with E-state index in [4.69, 9.17) is 4.74 Å². The lowest BCUT2D eigenvalue weighted by atomic mass is 10.3. The Labute approximate surface area is 167 Å². The molecular weight excluding hydrogens is 363 g/mol. The number of benzene rings is 3. The first-order valence-corrected chi connectivity index (χ1v) is 11.2. The van der Waals surface area contributed by atoms with Crippen molar-refractivity contribution in [3.8, 4) is 0 Å². The van der Waals surface area contributed by atoms with Crippen molar-refractivity contribution in [1.29, 1.82) is 0 Å². The molecule has 3 aromatic carbocycles. The van der Waals surface area contributed by atoms with Crippen molar-refractivity contribution in [1.82, 2.24) is 0 Å². The summed E-state index contributed by atoms with van der Waals surface area (Å²) in [7, 11) is 0. The second-order valence-corrected chi connectivity index (χ2v) is 9.80. The zero-order valence-electron chi connectivity index (χ0n) is 16.1. The third-order valence-electron chi connectivity index (χ3n) is 4.74. The predicted molar refractivity (Wildman–Crippen MR) is 122 cm³/mol. The number of hydrogen-bond acceptors (Lipinski definition) is 2. The Hall–Kier alpha value is -2.83. The molecule has 0 saturated heterocycles. The second kappa shape index (κ2) is 9.39. The summed E-state index contributed by atoms with van der Waals surface area (Å²) in [5.41, 5.74) is 0. The zero-order valence-corrected chi connectivity index (χ0v) is 17.0. The first kappa shape index (κ1) is 19.9. The smallest absolute Gasteiger partial charge is 0.335 e. The largest absolute Gasteiger partial charge is 0.458 e. The van der Waals surface area contributed by atoms with E-state index in [1.165, 1.54) is 0 Å². The van der Waals surface area contributed by atoms with Gasteiger partial charge in [-0.15, -0.1) is 0 Å². The molecule has 0 fully saturated rings. The van der Waals surface area contributed by atoms with Crippen LogP contribution >= 0.6 is 6.89 Å². The van der Waals surface area contributed by atoms with E-state index < -0.39 is 6.89 Å². The van der Waals surface area contributed by atoms with Gasteiger partial charge in [0.15, 0.2) is 0 Å². The van der Waals surface area contributed by atoms with Crippen LogP contribution in [0.15, 0.2) is 104 Å². The summed E-state index contributed by atoms with van der Waals surface area (Å²) in [6, 6.07) is 31.0. The van der Waals surface area contributed by atoms with E-state index in [1.54, 1.807) is 6.08 Å². The summed E-state index contributed by atoms with van der Waals surface area (Å²) in [6.45, 7) is 3.57. The van der Waals surface area contributed by atoms with E-state index >= 15 is 0 Å². The Balaban J connectivity index is 2.49. The van der Waals surface area contributed by atoms with Crippen molar-refractivity contribution in [2.24, 2.45) is 0 Å². The highest BCUT2D eigenvalue weighted by atomic mass is 31.2. The number of esters is 1. The van der Waals surface area contributed by atoms with Crippen LogP contribution < -0.4 is 15.9 Å². The molecule has 0 aliphatic carbocycles. The number of ether oxygens (including phenoxy) is 1. The molecular formula is C25H25O2P. The van der Waals surface area contributed by atoms with Crippen molar-refractivity contribution in [3.63, 3.8) is 0 Å². The first-order chi connectivity index (χ1) is 13.7. The molecule has 0 atom stereocenters. The number of carbonyl (C=O) groups excluding carboxylic acids is 1. The molecule has 0 radical (unpaired) electrons. The van der Waals surface area contributed by atoms with E-state index in [0.717, 1.165) is 21.2 Å². The summed E-state index contributed by atoms with van der Waals surface area (Å²) in [4.78, 5) is 13.2. The highest BCUT2D eigenvalue weighted by molar-refractivity contribution is 7.96. The van der Waals surface area contributed by atoms with Crippen molar-refractivity contribution >= 4 is 34.1 Å². The Morgan fingerprint density at radius 1 is 0.821 bits per heavy atom. The van der Waals surface area contributed by atoms with E-state index in [9.17, 15) is 4.79 Å². The molecule has 0 spiro atoms. The second-order valence-electron chi connectivity index (χ2n) is 6.36. The van der Waals surface area contributed by atoms with Gasteiger partial charge in [-0.1, -0.05) is 111 Å². The van der Waals surface area contributed by atoms with Gasteiger partial charge in [0.25, 0.3) is 0 Å². The minimum absolute atomic E-state index is 0.209. The molecule has 0 amide bonds. The van der Waals surface area contributed by atoms with Crippen molar-refractivity contribution in [2.45, 2.75) is 13.3 Å². The summed E-state index contributed by atoms with van der Waals surface area (Å²) in [5, 5.41) is 4.28. The van der Waals surface area contributed by atoms with Gasteiger partial charge in [0.1, 0.15) is 6.61 Å². The van der Waals surface area contributed by atoms with Crippen LogP contribution in [0.2, 0.25) is 0 Å². The Kier molecular flexibility index (Phi) is 6.68. The van der Waals surface area contributed by atoms with Gasteiger partial charge in [-0.05, 0) is 29.2 Å². The first-order valence-electron chi connectivity index (χ1n) is 9.45. The Morgan fingerprint density at radius 2 is 1.21 bits per heavy atom. The highest BCUT2D eigenvalue weighted by Gasteiger charge is 2.32. The lowest BCUT2D eigenvalue weighted by molar-refractivity contribution is -0.134. The maximum atomic E-state index is 13.2. The van der Waals surface area contributed by atoms with Crippen LogP contribution in [0, 0.1) is 0 Å². The molecule has 0 N–H and O–H groups in total. The number of rotatable bonds is 7. The van der Waals surface area contributed by atoms with Gasteiger partial charge in [0, 0.05) is 5.29 Å². The highest BCUT2D eigenvalue weighted by Crippen LogP contribution is 2.47. The topological polar surface area (TPSA) is 26.3 Å². The van der Waals surface area contributed by atoms with Gasteiger partial charge in [0.05, 0.1) is 0 Å². The van der Waals surface area contributed by atoms with Crippen LogP contribution in [0.5, 0.6) is 0 Å². The van der Waals surface area contributed by atoms with Crippen LogP contribution in [0.3, 0.4) is 0 Å². The Morgan fingerprint density at radius 3 is 1.54 bits per heavy atom. The molecule has 0 unspecified atom stereocenters.